The summed E-state index contributed by atoms with van der Waals surface area (Å²) in [5, 5.41) is 3.52. The molecular formula is C17H26N2O3S. The van der Waals surface area contributed by atoms with Crippen LogP contribution in [0.5, 0.6) is 0 Å². The Labute approximate surface area is 139 Å². The van der Waals surface area contributed by atoms with E-state index in [2.05, 4.69) is 11.4 Å². The maximum absolute atomic E-state index is 12.1. The second-order valence-corrected chi connectivity index (χ2v) is 8.54. The third-order valence-electron chi connectivity index (χ3n) is 4.79. The minimum Gasteiger partial charge on any atom is -0.385 e. The lowest BCUT2D eigenvalue weighted by Gasteiger charge is -2.29. The molecule has 1 saturated heterocycles. The summed E-state index contributed by atoms with van der Waals surface area (Å²) in [6.45, 7) is 4.57. The molecule has 3 rings (SSSR count). The molecule has 2 aliphatic heterocycles. The van der Waals surface area contributed by atoms with E-state index in [9.17, 15) is 8.42 Å². The zero-order valence-corrected chi connectivity index (χ0v) is 14.6. The lowest BCUT2D eigenvalue weighted by Crippen LogP contribution is -2.37. The molecule has 0 saturated carbocycles. The maximum atomic E-state index is 12.1. The molecule has 5 nitrogen and oxygen atoms in total. The Morgan fingerprint density at radius 2 is 2.26 bits per heavy atom. The van der Waals surface area contributed by atoms with Crippen LogP contribution in [0.3, 0.4) is 0 Å². The Morgan fingerprint density at radius 3 is 3.00 bits per heavy atom. The molecule has 0 aromatic heterocycles. The van der Waals surface area contributed by atoms with Gasteiger partial charge in [-0.15, -0.1) is 0 Å². The van der Waals surface area contributed by atoms with Crippen LogP contribution in [0.25, 0.3) is 0 Å². The molecule has 0 unspecified atom stereocenters. The maximum Gasteiger partial charge on any atom is 0.214 e. The zero-order valence-electron chi connectivity index (χ0n) is 13.8. The van der Waals surface area contributed by atoms with Gasteiger partial charge >= 0.3 is 0 Å². The largest absolute Gasteiger partial charge is 0.385 e. The van der Waals surface area contributed by atoms with Gasteiger partial charge in [-0.2, -0.15) is 4.31 Å². The molecule has 1 N–H and O–H groups in total. The van der Waals surface area contributed by atoms with E-state index in [1.807, 2.05) is 12.1 Å². The first-order chi connectivity index (χ1) is 11.1. The number of rotatable bonds is 6. The number of hydrogen-bond acceptors (Lipinski definition) is 4. The molecule has 0 amide bonds. The van der Waals surface area contributed by atoms with Gasteiger partial charge < -0.3 is 10.1 Å². The molecule has 1 fully saturated rings. The molecular weight excluding hydrogens is 312 g/mol. The highest BCUT2D eigenvalue weighted by molar-refractivity contribution is 7.89. The third kappa shape index (κ3) is 3.87. The second-order valence-electron chi connectivity index (χ2n) is 6.28. The monoisotopic (exact) mass is 338 g/mol. The number of sulfonamides is 1. The number of nitrogens with zero attached hydrogens (tertiary/aromatic N) is 1. The van der Waals surface area contributed by atoms with Crippen molar-refractivity contribution in [3.8, 4) is 0 Å². The summed E-state index contributed by atoms with van der Waals surface area (Å²) in [6, 6.07) is 6.14. The molecule has 1 atom stereocenters. The molecule has 1 aromatic carbocycles. The number of hydrogen-bond donors (Lipinski definition) is 1. The van der Waals surface area contributed by atoms with Crippen LogP contribution in [-0.2, 0) is 27.7 Å². The van der Waals surface area contributed by atoms with Crippen LogP contribution < -0.4 is 5.32 Å². The van der Waals surface area contributed by atoms with Gasteiger partial charge in [0.05, 0.1) is 11.9 Å². The first-order valence-electron chi connectivity index (χ1n) is 8.54. The average molecular weight is 338 g/mol. The first kappa shape index (κ1) is 16.7. The Kier molecular flexibility index (Phi) is 5.24. The molecule has 1 aromatic rings. The van der Waals surface area contributed by atoms with Gasteiger partial charge in [0.15, 0.2) is 0 Å². The van der Waals surface area contributed by atoms with Crippen LogP contribution >= 0.6 is 0 Å². The topological polar surface area (TPSA) is 58.6 Å². The van der Waals surface area contributed by atoms with E-state index < -0.39 is 10.0 Å². The molecule has 2 heterocycles. The number of ether oxygens (including phenoxy) is 1. The van der Waals surface area contributed by atoms with E-state index in [-0.39, 0.29) is 5.75 Å². The number of nitrogens with one attached hydrogen (secondary N) is 1. The number of benzene rings is 1. The van der Waals surface area contributed by atoms with Crippen molar-refractivity contribution in [3.05, 3.63) is 29.3 Å². The van der Waals surface area contributed by atoms with Crippen molar-refractivity contribution in [1.82, 2.24) is 4.31 Å². The van der Waals surface area contributed by atoms with Gasteiger partial charge in [0.1, 0.15) is 0 Å². The molecule has 0 bridgehead atoms. The van der Waals surface area contributed by atoms with Gasteiger partial charge in [-0.1, -0.05) is 12.1 Å². The molecule has 128 valence electrons. The van der Waals surface area contributed by atoms with Crippen molar-refractivity contribution in [1.29, 1.82) is 0 Å². The van der Waals surface area contributed by atoms with E-state index in [1.54, 1.807) is 11.2 Å². The van der Waals surface area contributed by atoms with Gasteiger partial charge in [0.2, 0.25) is 10.0 Å². The Morgan fingerprint density at radius 1 is 1.39 bits per heavy atom. The van der Waals surface area contributed by atoms with Crippen LogP contribution in [-0.4, -0.2) is 44.3 Å². The Bertz CT molecular complexity index is 639. The zero-order chi connectivity index (χ0) is 16.3. The Hall–Kier alpha value is -1.11. The minimum absolute atomic E-state index is 0.168. The van der Waals surface area contributed by atoms with Crippen LogP contribution in [0.15, 0.2) is 18.2 Å². The van der Waals surface area contributed by atoms with E-state index in [1.165, 1.54) is 18.4 Å². The minimum atomic E-state index is -3.11. The summed E-state index contributed by atoms with van der Waals surface area (Å²) in [4.78, 5) is 0. The molecule has 23 heavy (non-hydrogen) atoms. The van der Waals surface area contributed by atoms with E-state index in [0.717, 1.165) is 37.2 Å². The van der Waals surface area contributed by atoms with Gasteiger partial charge in [-0.05, 0) is 49.8 Å². The SMILES string of the molecule is CCS(=O)(=O)N1CCc2c(cccc2NCC[C@@H]2CCCO2)C1. The van der Waals surface area contributed by atoms with Crippen LogP contribution in [0.4, 0.5) is 5.69 Å². The molecule has 0 spiro atoms. The summed E-state index contributed by atoms with van der Waals surface area (Å²) in [6.07, 6.45) is 4.54. The predicted octanol–water partition coefficient (Wildman–Crippen LogP) is 2.38. The van der Waals surface area contributed by atoms with Crippen LogP contribution in [0.2, 0.25) is 0 Å². The summed E-state index contributed by atoms with van der Waals surface area (Å²) < 4.78 is 31.4. The number of anilines is 1. The molecule has 0 aliphatic carbocycles. The van der Waals surface area contributed by atoms with Crippen molar-refractivity contribution >= 4 is 15.7 Å². The summed E-state index contributed by atoms with van der Waals surface area (Å²) in [5.74, 6) is 0.168. The first-order valence-corrected chi connectivity index (χ1v) is 10.1. The van der Waals surface area contributed by atoms with Crippen molar-refractivity contribution in [2.45, 2.75) is 45.3 Å². The van der Waals surface area contributed by atoms with E-state index in [0.29, 0.717) is 19.2 Å². The second kappa shape index (κ2) is 7.20. The van der Waals surface area contributed by atoms with E-state index in [4.69, 9.17) is 4.74 Å². The summed E-state index contributed by atoms with van der Waals surface area (Å²) in [5.41, 5.74) is 3.53. The lowest BCUT2D eigenvalue weighted by molar-refractivity contribution is 0.107. The van der Waals surface area contributed by atoms with Gasteiger partial charge in [-0.25, -0.2) is 8.42 Å². The highest BCUT2D eigenvalue weighted by atomic mass is 32.2. The van der Waals surface area contributed by atoms with Crippen molar-refractivity contribution < 1.29 is 13.2 Å². The molecule has 6 heteroatoms. The quantitative estimate of drug-likeness (QED) is 0.865. The summed E-state index contributed by atoms with van der Waals surface area (Å²) >= 11 is 0. The standard InChI is InChI=1S/C17H26N2O3S/c1-2-23(20,21)19-11-9-16-14(13-19)5-3-7-17(16)18-10-8-15-6-4-12-22-15/h3,5,7,15,18H,2,4,6,8-13H2,1H3/t15-/m0/s1. The van der Waals surface area contributed by atoms with Crippen molar-refractivity contribution in [2.24, 2.45) is 0 Å². The normalized spacial score (nSPS) is 22.0. The summed E-state index contributed by atoms with van der Waals surface area (Å²) in [7, 11) is -3.11. The molecule has 2 aliphatic rings. The highest BCUT2D eigenvalue weighted by Crippen LogP contribution is 2.28. The highest BCUT2D eigenvalue weighted by Gasteiger charge is 2.26. The van der Waals surface area contributed by atoms with E-state index >= 15 is 0 Å². The third-order valence-corrected chi connectivity index (χ3v) is 6.62. The van der Waals surface area contributed by atoms with Crippen LogP contribution in [0.1, 0.15) is 37.3 Å². The smallest absolute Gasteiger partial charge is 0.214 e. The average Bonchev–Trinajstić information content (AvgIpc) is 3.08. The lowest BCUT2D eigenvalue weighted by atomic mass is 9.99. The van der Waals surface area contributed by atoms with Gasteiger partial charge in [0, 0.05) is 31.9 Å². The van der Waals surface area contributed by atoms with Crippen LogP contribution in [0, 0.1) is 0 Å². The fourth-order valence-corrected chi connectivity index (χ4v) is 4.48. The van der Waals surface area contributed by atoms with Crippen molar-refractivity contribution in [3.63, 3.8) is 0 Å². The fraction of sp³-hybridized carbons (Fsp3) is 0.647. The van der Waals surface area contributed by atoms with Gasteiger partial charge in [0.25, 0.3) is 0 Å². The fourth-order valence-electron chi connectivity index (χ4n) is 3.41. The predicted molar refractivity (Wildman–Crippen MR) is 92.1 cm³/mol. The Balaban J connectivity index is 1.64. The van der Waals surface area contributed by atoms with Gasteiger partial charge in [-0.3, -0.25) is 0 Å². The number of fused-ring (bicyclic) bond motifs is 1. The molecule has 0 radical (unpaired) electrons. The van der Waals surface area contributed by atoms with Crippen molar-refractivity contribution in [2.75, 3.05) is 30.8 Å².